The topological polar surface area (TPSA) is 60.1 Å². The fourth-order valence-electron chi connectivity index (χ4n) is 4.14. The lowest BCUT2D eigenvalue weighted by Gasteiger charge is -2.22. The average Bonchev–Trinajstić information content (AvgIpc) is 3.05. The number of nitrogens with one attached hydrogen (secondary N) is 1. The molecule has 0 spiro atoms. The van der Waals surface area contributed by atoms with Gasteiger partial charge in [-0.1, -0.05) is 66.7 Å². The van der Waals surface area contributed by atoms with Crippen LogP contribution in [0.4, 0.5) is 5.82 Å². The minimum atomic E-state index is 0. The molecule has 1 heterocycles. The molecule has 0 radical (unpaired) electrons. The highest BCUT2D eigenvalue weighted by Gasteiger charge is 2.21. The lowest BCUT2D eigenvalue weighted by molar-refractivity contribution is -0.121. The van der Waals surface area contributed by atoms with Crippen molar-refractivity contribution in [2.24, 2.45) is 0 Å². The first kappa shape index (κ1) is 23.5. The van der Waals surface area contributed by atoms with E-state index >= 15 is 0 Å². The zero-order valence-corrected chi connectivity index (χ0v) is 19.4. The lowest BCUT2D eigenvalue weighted by Crippen LogP contribution is -2.37. The number of rotatable bonds is 5. The Morgan fingerprint density at radius 2 is 1.71 bits per heavy atom. The van der Waals surface area contributed by atoms with Crippen LogP contribution in [0.3, 0.4) is 0 Å². The summed E-state index contributed by atoms with van der Waals surface area (Å²) in [7, 11) is 0. The first-order chi connectivity index (χ1) is 14.5. The van der Waals surface area contributed by atoms with E-state index in [1.165, 1.54) is 19.3 Å². The highest BCUT2D eigenvalue weighted by atomic mass is 35.5. The number of anilines is 1. The van der Waals surface area contributed by atoms with Crippen molar-refractivity contribution in [2.75, 3.05) is 5.73 Å². The molecule has 3 N–H and O–H groups in total. The van der Waals surface area contributed by atoms with Crippen molar-refractivity contribution in [1.29, 1.82) is 0 Å². The minimum Gasteiger partial charge on any atom is -0.385 e. The summed E-state index contributed by atoms with van der Waals surface area (Å²) in [5, 5.41) is 4.43. The molecule has 3 aromatic rings. The molecule has 1 aliphatic rings. The van der Waals surface area contributed by atoms with E-state index in [2.05, 4.69) is 5.32 Å². The van der Waals surface area contributed by atoms with Crippen molar-refractivity contribution in [3.05, 3.63) is 70.2 Å². The molecule has 31 heavy (non-hydrogen) atoms. The summed E-state index contributed by atoms with van der Waals surface area (Å²) < 4.78 is 1.91. The number of benzene rings is 2. The number of hydrogen-bond acceptors (Lipinski definition) is 2. The van der Waals surface area contributed by atoms with Gasteiger partial charge < -0.3 is 11.1 Å². The Hall–Kier alpha value is -2.14. The van der Waals surface area contributed by atoms with E-state index in [4.69, 9.17) is 28.9 Å². The van der Waals surface area contributed by atoms with Crippen LogP contribution in [0.1, 0.15) is 37.7 Å². The van der Waals surface area contributed by atoms with E-state index in [0.717, 1.165) is 35.3 Å². The van der Waals surface area contributed by atoms with E-state index in [1.807, 2.05) is 59.2 Å². The Bertz CT molecular complexity index is 1040. The molecule has 2 aromatic carbocycles. The van der Waals surface area contributed by atoms with E-state index in [0.29, 0.717) is 15.9 Å². The second-order valence-electron chi connectivity index (χ2n) is 7.81. The maximum absolute atomic E-state index is 12.7. The van der Waals surface area contributed by atoms with Crippen LogP contribution in [0.5, 0.6) is 0 Å². The van der Waals surface area contributed by atoms with Gasteiger partial charge in [0, 0.05) is 16.6 Å². The van der Waals surface area contributed by atoms with Crippen molar-refractivity contribution >= 4 is 47.3 Å². The normalized spacial score (nSPS) is 14.1. The monoisotopic (exact) mass is 477 g/mol. The van der Waals surface area contributed by atoms with Crippen LogP contribution in [0.15, 0.2) is 54.6 Å². The van der Waals surface area contributed by atoms with E-state index in [-0.39, 0.29) is 30.8 Å². The summed E-state index contributed by atoms with van der Waals surface area (Å²) in [5.41, 5.74) is 9.94. The van der Waals surface area contributed by atoms with Crippen LogP contribution in [0, 0.1) is 0 Å². The third kappa shape index (κ3) is 5.38. The van der Waals surface area contributed by atoms with E-state index in [9.17, 15) is 4.79 Å². The molecule has 0 unspecified atom stereocenters. The number of halogens is 3. The number of nitrogen functional groups attached to an aromatic ring is 1. The first-order valence-electron chi connectivity index (χ1n) is 10.3. The van der Waals surface area contributed by atoms with Crippen LogP contribution in [-0.4, -0.2) is 16.5 Å². The molecule has 0 aliphatic heterocycles. The van der Waals surface area contributed by atoms with Gasteiger partial charge in [0.2, 0.25) is 5.91 Å². The van der Waals surface area contributed by atoms with Crippen LogP contribution in [0.25, 0.3) is 16.9 Å². The van der Waals surface area contributed by atoms with Gasteiger partial charge in [0.15, 0.2) is 0 Å². The smallest absolute Gasteiger partial charge is 0.224 e. The number of hydrogen-bond donors (Lipinski definition) is 2. The molecule has 1 amide bonds. The van der Waals surface area contributed by atoms with Crippen LogP contribution in [0.2, 0.25) is 10.0 Å². The number of nitrogens with two attached hydrogens (primary N) is 1. The van der Waals surface area contributed by atoms with Crippen LogP contribution < -0.4 is 11.1 Å². The number of carbonyl (C=O) groups is 1. The highest BCUT2D eigenvalue weighted by molar-refractivity contribution is 6.32. The fraction of sp³-hybridized carbons (Fsp3) is 0.292. The van der Waals surface area contributed by atoms with Crippen molar-refractivity contribution in [3.63, 3.8) is 0 Å². The fourth-order valence-corrected chi connectivity index (χ4v) is 4.49. The molecule has 1 fully saturated rings. The van der Waals surface area contributed by atoms with Gasteiger partial charge in [-0.05, 0) is 48.7 Å². The number of amides is 1. The summed E-state index contributed by atoms with van der Waals surface area (Å²) in [5.74, 6) is 0.527. The Labute approximate surface area is 199 Å². The molecule has 4 rings (SSSR count). The van der Waals surface area contributed by atoms with Crippen molar-refractivity contribution in [3.8, 4) is 16.9 Å². The Morgan fingerprint density at radius 3 is 2.39 bits per heavy atom. The molecule has 4 nitrogen and oxygen atoms in total. The Morgan fingerprint density at radius 1 is 1.03 bits per heavy atom. The summed E-state index contributed by atoms with van der Waals surface area (Å²) >= 11 is 12.6. The lowest BCUT2D eigenvalue weighted by atomic mass is 9.95. The molecular formula is C24H26Cl3N3O. The van der Waals surface area contributed by atoms with Gasteiger partial charge in [-0.15, -0.1) is 12.4 Å². The second kappa shape index (κ2) is 10.4. The average molecular weight is 479 g/mol. The number of carbonyl (C=O) groups excluding carboxylic acids is 1. The quantitative estimate of drug-likeness (QED) is 0.443. The van der Waals surface area contributed by atoms with E-state index in [1.54, 1.807) is 0 Å². The van der Waals surface area contributed by atoms with Gasteiger partial charge in [-0.2, -0.15) is 0 Å². The predicted molar refractivity (Wildman–Crippen MR) is 132 cm³/mol. The molecule has 1 saturated carbocycles. The number of aromatic nitrogens is 1. The molecule has 1 aromatic heterocycles. The van der Waals surface area contributed by atoms with Crippen LogP contribution >= 0.6 is 35.6 Å². The Balaban J connectivity index is 0.00000272. The van der Waals surface area contributed by atoms with Crippen LogP contribution in [-0.2, 0) is 11.2 Å². The molecule has 1 aliphatic carbocycles. The van der Waals surface area contributed by atoms with Gasteiger partial charge >= 0.3 is 0 Å². The molecule has 164 valence electrons. The van der Waals surface area contributed by atoms with Gasteiger partial charge in [0.25, 0.3) is 0 Å². The van der Waals surface area contributed by atoms with Crippen molar-refractivity contribution in [2.45, 2.75) is 44.6 Å². The molecular weight excluding hydrogens is 453 g/mol. The highest BCUT2D eigenvalue weighted by Crippen LogP contribution is 2.35. The predicted octanol–water partition coefficient (Wildman–Crippen LogP) is 6.45. The van der Waals surface area contributed by atoms with Gasteiger partial charge in [-0.3, -0.25) is 9.36 Å². The third-order valence-electron chi connectivity index (χ3n) is 5.68. The maximum atomic E-state index is 12.7. The summed E-state index contributed by atoms with van der Waals surface area (Å²) in [6, 6.07) is 17.4. The molecule has 0 saturated heterocycles. The van der Waals surface area contributed by atoms with Crippen molar-refractivity contribution in [1.82, 2.24) is 9.88 Å². The molecule has 7 heteroatoms. The van der Waals surface area contributed by atoms with E-state index < -0.39 is 0 Å². The van der Waals surface area contributed by atoms with Gasteiger partial charge in [0.05, 0.1) is 22.8 Å². The first-order valence-corrected chi connectivity index (χ1v) is 11.1. The second-order valence-corrected chi connectivity index (χ2v) is 8.66. The molecule has 0 atom stereocenters. The standard InChI is InChI=1S/C24H25Cl2N3O.ClH/c25-18-12-10-16(11-13-18)22-14-17(15-23(30)28-19-6-2-1-3-7-19)24(27)29(22)21-9-5-4-8-20(21)26;/h4-5,8-14,19H,1-3,6-7,15,27H2,(H,28,30);1H. The zero-order valence-electron chi connectivity index (χ0n) is 17.1. The van der Waals surface area contributed by atoms with Gasteiger partial charge in [0.1, 0.15) is 5.82 Å². The number of para-hydroxylation sites is 1. The minimum absolute atomic E-state index is 0. The molecule has 0 bridgehead atoms. The number of nitrogens with zero attached hydrogens (tertiary/aromatic N) is 1. The maximum Gasteiger partial charge on any atom is 0.224 e. The third-order valence-corrected chi connectivity index (χ3v) is 6.25. The zero-order chi connectivity index (χ0) is 21.1. The summed E-state index contributed by atoms with van der Waals surface area (Å²) in [6.45, 7) is 0. The SMILES string of the molecule is Cl.Nc1c(CC(=O)NC2CCCCC2)cc(-c2ccc(Cl)cc2)n1-c1ccccc1Cl. The largest absolute Gasteiger partial charge is 0.385 e. The Kier molecular flexibility index (Phi) is 7.93. The van der Waals surface area contributed by atoms with Crippen molar-refractivity contribution < 1.29 is 4.79 Å². The summed E-state index contributed by atoms with van der Waals surface area (Å²) in [6.07, 6.45) is 5.95. The summed E-state index contributed by atoms with van der Waals surface area (Å²) in [4.78, 5) is 12.7. The van der Waals surface area contributed by atoms with Gasteiger partial charge in [-0.25, -0.2) is 0 Å².